The molecule has 4 heterocycles. The van der Waals surface area contributed by atoms with Gasteiger partial charge in [-0.05, 0) is 30.9 Å². The highest BCUT2D eigenvalue weighted by Crippen LogP contribution is 2.67. The Bertz CT molecular complexity index is 1210. The number of rotatable bonds is 14. The lowest BCUT2D eigenvalue weighted by atomic mass is 9.70. The van der Waals surface area contributed by atoms with E-state index in [-0.39, 0.29) is 35.5 Å². The molecule has 1 aromatic rings. The average Bonchev–Trinajstić information content (AvgIpc) is 3.70. The normalized spacial score (nSPS) is 29.2. The first-order chi connectivity index (χ1) is 21.3. The monoisotopic (exact) mass is 624 g/mol. The summed E-state index contributed by atoms with van der Waals surface area (Å²) in [6, 6.07) is 8.24. The molecule has 0 radical (unpaired) electrons. The van der Waals surface area contributed by atoms with Crippen LogP contribution in [0.2, 0.25) is 0 Å². The molecule has 1 spiro atoms. The van der Waals surface area contributed by atoms with Gasteiger partial charge in [0.15, 0.2) is 0 Å². The number of ether oxygens (including phenoxy) is 1. The molecule has 2 unspecified atom stereocenters. The zero-order valence-corrected chi connectivity index (χ0v) is 27.0. The number of aliphatic hydroxyl groups excluding tert-OH is 1. The van der Waals surface area contributed by atoms with Gasteiger partial charge in [0.05, 0.1) is 42.4 Å². The SMILES string of the molecule is C=CCN(CCN1CCOCC1)C(=O)C1N([C@@H](CO)[C@@H](C)CC)C(=O)[C@@H]2[C@H](C(=O)N(CC=C)c3ccccc3)[C@@H]3CCC12S3. The number of para-hydroxylation sites is 1. The van der Waals surface area contributed by atoms with Gasteiger partial charge in [-0.2, -0.15) is 0 Å². The van der Waals surface area contributed by atoms with Gasteiger partial charge in [0.2, 0.25) is 17.7 Å². The van der Waals surface area contributed by atoms with Crippen LogP contribution in [-0.4, -0.2) is 119 Å². The van der Waals surface area contributed by atoms with Crippen molar-refractivity contribution >= 4 is 35.2 Å². The molecule has 44 heavy (non-hydrogen) atoms. The molecule has 1 N–H and O–H groups in total. The molecule has 2 bridgehead atoms. The van der Waals surface area contributed by atoms with Crippen LogP contribution in [0.25, 0.3) is 0 Å². The van der Waals surface area contributed by atoms with Gasteiger partial charge in [-0.15, -0.1) is 24.9 Å². The van der Waals surface area contributed by atoms with Gasteiger partial charge in [-0.1, -0.05) is 50.6 Å². The molecule has 3 amide bonds. The summed E-state index contributed by atoms with van der Waals surface area (Å²) in [5.74, 6) is -1.59. The fourth-order valence-corrected chi connectivity index (χ4v) is 9.96. The van der Waals surface area contributed by atoms with E-state index in [1.165, 1.54) is 0 Å². The summed E-state index contributed by atoms with van der Waals surface area (Å²) >= 11 is 1.67. The lowest BCUT2D eigenvalue weighted by Gasteiger charge is -2.41. The maximum Gasteiger partial charge on any atom is 0.247 e. The number of carbonyl (C=O) groups excluding carboxylic acids is 3. The number of carbonyl (C=O) groups is 3. The molecule has 7 atom stereocenters. The van der Waals surface area contributed by atoms with E-state index in [1.54, 1.807) is 33.7 Å². The predicted octanol–water partition coefficient (Wildman–Crippen LogP) is 3.05. The van der Waals surface area contributed by atoms with Crippen molar-refractivity contribution in [2.24, 2.45) is 17.8 Å². The summed E-state index contributed by atoms with van der Waals surface area (Å²) in [5, 5.41) is 10.6. The van der Waals surface area contributed by atoms with Gasteiger partial charge in [-0.3, -0.25) is 19.3 Å². The Morgan fingerprint density at radius 1 is 1.16 bits per heavy atom. The summed E-state index contributed by atoms with van der Waals surface area (Å²) in [5.41, 5.74) is 0.766. The lowest BCUT2D eigenvalue weighted by molar-refractivity contribution is -0.147. The maximum atomic E-state index is 14.8. The molecule has 5 rings (SSSR count). The van der Waals surface area contributed by atoms with E-state index in [4.69, 9.17) is 4.74 Å². The van der Waals surface area contributed by atoms with Gasteiger partial charge in [0.1, 0.15) is 6.04 Å². The van der Waals surface area contributed by atoms with Gasteiger partial charge in [0.25, 0.3) is 0 Å². The number of anilines is 1. The van der Waals surface area contributed by atoms with Gasteiger partial charge in [0, 0.05) is 50.2 Å². The fourth-order valence-electron chi connectivity index (χ4n) is 7.77. The molecule has 9 nitrogen and oxygen atoms in total. The van der Waals surface area contributed by atoms with Crippen LogP contribution in [0, 0.1) is 17.8 Å². The van der Waals surface area contributed by atoms with Crippen LogP contribution < -0.4 is 4.90 Å². The number of hydrogen-bond donors (Lipinski definition) is 1. The number of aliphatic hydroxyl groups is 1. The second-order valence-corrected chi connectivity index (χ2v) is 14.1. The molecule has 4 aliphatic rings. The molecule has 240 valence electrons. The molecular weight excluding hydrogens is 576 g/mol. The first-order valence-electron chi connectivity index (χ1n) is 16.1. The van der Waals surface area contributed by atoms with Crippen molar-refractivity contribution in [2.75, 3.05) is 64.0 Å². The van der Waals surface area contributed by atoms with E-state index in [0.29, 0.717) is 45.8 Å². The average molecular weight is 625 g/mol. The van der Waals surface area contributed by atoms with E-state index in [0.717, 1.165) is 31.6 Å². The highest BCUT2D eigenvalue weighted by Gasteiger charge is 2.74. The topological polar surface area (TPSA) is 93.6 Å². The third-order valence-electron chi connectivity index (χ3n) is 10.2. The fraction of sp³-hybridized carbons (Fsp3) is 0.618. The number of nitrogens with zero attached hydrogens (tertiary/aromatic N) is 4. The van der Waals surface area contributed by atoms with E-state index in [9.17, 15) is 19.5 Å². The molecule has 0 saturated carbocycles. The Morgan fingerprint density at radius 3 is 2.50 bits per heavy atom. The van der Waals surface area contributed by atoms with E-state index in [2.05, 4.69) is 18.1 Å². The third kappa shape index (κ3) is 5.86. The predicted molar refractivity (Wildman–Crippen MR) is 174 cm³/mol. The van der Waals surface area contributed by atoms with Crippen molar-refractivity contribution in [1.82, 2.24) is 14.7 Å². The first-order valence-corrected chi connectivity index (χ1v) is 17.0. The van der Waals surface area contributed by atoms with Crippen molar-refractivity contribution in [3.05, 3.63) is 55.6 Å². The summed E-state index contributed by atoms with van der Waals surface area (Å²) in [7, 11) is 0. The molecule has 0 aromatic heterocycles. The standard InChI is InChI=1S/C34H48N4O5S/c1-5-15-36(18-17-35-19-21-43-22-20-35)33(42)30-34-14-13-27(44-34)28(29(34)32(41)38(30)26(23-39)24(4)7-3)31(40)37(16-6-2)25-11-9-8-10-12-25/h5-6,8-12,24,26-30,39H,1-2,7,13-23H2,3-4H3/t24-,26-,27-,28+,29-,30?,34?/m0/s1. The Kier molecular flexibility index (Phi) is 10.6. The van der Waals surface area contributed by atoms with Crippen molar-refractivity contribution in [1.29, 1.82) is 0 Å². The van der Waals surface area contributed by atoms with Crippen LogP contribution in [0.4, 0.5) is 5.69 Å². The van der Waals surface area contributed by atoms with Gasteiger partial charge < -0.3 is 24.5 Å². The second-order valence-electron chi connectivity index (χ2n) is 12.5. The minimum atomic E-state index is -0.756. The van der Waals surface area contributed by atoms with E-state index < -0.39 is 28.7 Å². The highest BCUT2D eigenvalue weighted by atomic mass is 32.2. The lowest BCUT2D eigenvalue weighted by Crippen LogP contribution is -2.59. The Labute approximate surface area is 266 Å². The van der Waals surface area contributed by atoms with Crippen LogP contribution in [0.3, 0.4) is 0 Å². The zero-order valence-electron chi connectivity index (χ0n) is 26.2. The number of amides is 3. The minimum absolute atomic E-state index is 0.0198. The Hall–Kier alpha value is -2.66. The smallest absolute Gasteiger partial charge is 0.247 e. The summed E-state index contributed by atoms with van der Waals surface area (Å²) < 4.78 is 4.78. The van der Waals surface area contributed by atoms with Crippen molar-refractivity contribution in [3.63, 3.8) is 0 Å². The van der Waals surface area contributed by atoms with Crippen LogP contribution in [0.15, 0.2) is 55.6 Å². The van der Waals surface area contributed by atoms with Crippen molar-refractivity contribution in [3.8, 4) is 0 Å². The third-order valence-corrected chi connectivity index (χ3v) is 12.2. The van der Waals surface area contributed by atoms with Crippen LogP contribution in [-0.2, 0) is 19.1 Å². The minimum Gasteiger partial charge on any atom is -0.394 e. The molecule has 0 aliphatic carbocycles. The Morgan fingerprint density at radius 2 is 1.86 bits per heavy atom. The second kappa shape index (κ2) is 14.2. The quantitative estimate of drug-likeness (QED) is 0.318. The first kappa shape index (κ1) is 32.7. The number of thioether (sulfide) groups is 1. The van der Waals surface area contributed by atoms with Gasteiger partial charge in [-0.25, -0.2) is 0 Å². The van der Waals surface area contributed by atoms with Crippen LogP contribution in [0.5, 0.6) is 0 Å². The van der Waals surface area contributed by atoms with Gasteiger partial charge >= 0.3 is 0 Å². The number of morpholine rings is 1. The molecule has 10 heteroatoms. The molecule has 1 aromatic carbocycles. The highest BCUT2D eigenvalue weighted by molar-refractivity contribution is 8.02. The zero-order chi connectivity index (χ0) is 31.4. The number of benzene rings is 1. The molecule has 4 saturated heterocycles. The van der Waals surface area contributed by atoms with E-state index in [1.807, 2.05) is 49.1 Å². The number of hydrogen-bond acceptors (Lipinski definition) is 7. The van der Waals surface area contributed by atoms with E-state index >= 15 is 0 Å². The molecule has 4 fully saturated rings. The summed E-state index contributed by atoms with van der Waals surface area (Å²) in [4.78, 5) is 51.5. The Balaban J connectivity index is 1.52. The van der Waals surface area contributed by atoms with Crippen molar-refractivity contribution in [2.45, 2.75) is 55.2 Å². The summed E-state index contributed by atoms with van der Waals surface area (Å²) in [6.45, 7) is 16.6. The maximum absolute atomic E-state index is 14.8. The van der Waals surface area contributed by atoms with Crippen molar-refractivity contribution < 1.29 is 24.2 Å². The largest absolute Gasteiger partial charge is 0.394 e. The van der Waals surface area contributed by atoms with Crippen LogP contribution >= 0.6 is 11.8 Å². The van der Waals surface area contributed by atoms with Crippen LogP contribution in [0.1, 0.15) is 33.1 Å². The number of likely N-dealkylation sites (tertiary alicyclic amines) is 1. The number of fused-ring (bicyclic) bond motifs is 1. The molecular formula is C34H48N4O5S. The molecule has 4 aliphatic heterocycles. The summed E-state index contributed by atoms with van der Waals surface area (Å²) in [6.07, 6.45) is 5.65.